The Labute approximate surface area is 170 Å². The number of benzene rings is 2. The van der Waals surface area contributed by atoms with E-state index in [2.05, 4.69) is 20.9 Å². The third kappa shape index (κ3) is 2.49. The summed E-state index contributed by atoms with van der Waals surface area (Å²) < 4.78 is 2.81. The summed E-state index contributed by atoms with van der Waals surface area (Å²) >= 11 is 3.43. The van der Waals surface area contributed by atoms with Crippen molar-refractivity contribution in [2.45, 2.75) is 12.3 Å². The van der Waals surface area contributed by atoms with Crippen LogP contribution >= 0.6 is 15.9 Å². The normalized spacial score (nSPS) is 18.6. The SMILES string of the molecule is O=C1c2ccccc2[C@](O)(c2ccc(Br)cc2)N1Cc1cn2ccccc2n1. The minimum atomic E-state index is -1.55. The smallest absolute Gasteiger partial charge is 0.257 e. The predicted octanol–water partition coefficient (Wildman–Crippen LogP) is 3.95. The summed E-state index contributed by atoms with van der Waals surface area (Å²) in [5.74, 6) is -0.210. The summed E-state index contributed by atoms with van der Waals surface area (Å²) in [7, 11) is 0. The summed E-state index contributed by atoms with van der Waals surface area (Å²) in [6, 6.07) is 20.3. The molecule has 0 aliphatic carbocycles. The highest BCUT2D eigenvalue weighted by Crippen LogP contribution is 2.43. The summed E-state index contributed by atoms with van der Waals surface area (Å²) in [6.45, 7) is 0.196. The Kier molecular flexibility index (Phi) is 3.86. The molecule has 5 nitrogen and oxygen atoms in total. The molecule has 0 radical (unpaired) electrons. The van der Waals surface area contributed by atoms with Gasteiger partial charge in [0.15, 0.2) is 5.72 Å². The Morgan fingerprint density at radius 3 is 2.54 bits per heavy atom. The molecule has 6 heteroatoms. The molecule has 0 unspecified atom stereocenters. The summed E-state index contributed by atoms with van der Waals surface area (Å²) in [6.07, 6.45) is 3.79. The van der Waals surface area contributed by atoms with Crippen LogP contribution in [0, 0.1) is 0 Å². The molecule has 1 N–H and O–H groups in total. The van der Waals surface area contributed by atoms with Crippen LogP contribution in [0.15, 0.2) is 83.6 Å². The number of hydrogen-bond donors (Lipinski definition) is 1. The Morgan fingerprint density at radius 1 is 1.00 bits per heavy atom. The number of pyridine rings is 1. The van der Waals surface area contributed by atoms with Crippen molar-refractivity contribution in [3.8, 4) is 0 Å². The van der Waals surface area contributed by atoms with E-state index in [1.54, 1.807) is 12.1 Å². The molecule has 1 amide bonds. The van der Waals surface area contributed by atoms with Gasteiger partial charge in [0.25, 0.3) is 5.91 Å². The molecule has 1 aliphatic heterocycles. The number of aliphatic hydroxyl groups is 1. The average Bonchev–Trinajstić information content (AvgIpc) is 3.22. The van der Waals surface area contributed by atoms with E-state index in [4.69, 9.17) is 0 Å². The second-order valence-electron chi connectivity index (χ2n) is 6.81. The van der Waals surface area contributed by atoms with E-state index in [0.717, 1.165) is 10.1 Å². The van der Waals surface area contributed by atoms with Gasteiger partial charge < -0.3 is 9.51 Å². The van der Waals surface area contributed by atoms with Crippen LogP contribution < -0.4 is 0 Å². The predicted molar refractivity (Wildman–Crippen MR) is 109 cm³/mol. The zero-order valence-corrected chi connectivity index (χ0v) is 16.4. The molecular formula is C22H16BrN3O2. The number of halogens is 1. The Balaban J connectivity index is 1.64. The van der Waals surface area contributed by atoms with E-state index < -0.39 is 5.72 Å². The van der Waals surface area contributed by atoms with Gasteiger partial charge in [-0.05, 0) is 30.3 Å². The second-order valence-corrected chi connectivity index (χ2v) is 7.73. The average molecular weight is 434 g/mol. The van der Waals surface area contributed by atoms with Crippen molar-refractivity contribution in [2.75, 3.05) is 0 Å². The first-order valence-corrected chi connectivity index (χ1v) is 9.69. The van der Waals surface area contributed by atoms with Gasteiger partial charge in [-0.1, -0.05) is 52.3 Å². The number of hydrogen-bond acceptors (Lipinski definition) is 3. The molecule has 3 heterocycles. The fourth-order valence-corrected chi connectivity index (χ4v) is 4.08. The Hall–Kier alpha value is -2.96. The van der Waals surface area contributed by atoms with Crippen molar-refractivity contribution in [3.05, 3.63) is 106 Å². The molecule has 28 heavy (non-hydrogen) atoms. The monoisotopic (exact) mass is 433 g/mol. The zero-order valence-electron chi connectivity index (χ0n) is 14.8. The minimum absolute atomic E-state index is 0.196. The van der Waals surface area contributed by atoms with Gasteiger partial charge in [-0.3, -0.25) is 9.69 Å². The fraction of sp³-hybridized carbons (Fsp3) is 0.0909. The molecular weight excluding hydrogens is 418 g/mol. The number of fused-ring (bicyclic) bond motifs is 2. The fourth-order valence-electron chi connectivity index (χ4n) is 3.82. The molecule has 0 fully saturated rings. The first-order chi connectivity index (χ1) is 13.6. The second kappa shape index (κ2) is 6.29. The van der Waals surface area contributed by atoms with E-state index in [9.17, 15) is 9.90 Å². The third-order valence-corrected chi connectivity index (χ3v) is 5.68. The lowest BCUT2D eigenvalue weighted by Crippen LogP contribution is -2.44. The minimum Gasteiger partial charge on any atom is -0.363 e. The number of rotatable bonds is 3. The lowest BCUT2D eigenvalue weighted by molar-refractivity contribution is -0.0547. The summed E-state index contributed by atoms with van der Waals surface area (Å²) in [5.41, 5.74) is 1.70. The Bertz CT molecular complexity index is 1170. The number of nitrogens with zero attached hydrogens (tertiary/aromatic N) is 3. The highest BCUT2D eigenvalue weighted by Gasteiger charge is 2.49. The third-order valence-electron chi connectivity index (χ3n) is 5.15. The Morgan fingerprint density at radius 2 is 1.75 bits per heavy atom. The number of carbonyl (C=O) groups is 1. The maximum atomic E-state index is 13.2. The van der Waals surface area contributed by atoms with Gasteiger partial charge >= 0.3 is 0 Å². The van der Waals surface area contributed by atoms with Gasteiger partial charge in [-0.2, -0.15) is 0 Å². The van der Waals surface area contributed by atoms with Gasteiger partial charge in [-0.25, -0.2) is 4.98 Å². The van der Waals surface area contributed by atoms with E-state index in [-0.39, 0.29) is 12.5 Å². The van der Waals surface area contributed by atoms with Crippen molar-refractivity contribution in [1.29, 1.82) is 0 Å². The van der Waals surface area contributed by atoms with Crippen molar-refractivity contribution >= 4 is 27.5 Å². The van der Waals surface area contributed by atoms with Gasteiger partial charge in [0.1, 0.15) is 5.65 Å². The quantitative estimate of drug-likeness (QED) is 0.532. The standard InChI is InChI=1S/C22H16BrN3O2/c23-16-10-8-15(9-11-16)22(28)19-6-2-1-5-18(19)21(27)26(22)14-17-13-25-12-4-3-7-20(25)24-17/h1-13,28H,14H2/t22-/m1/s1. The van der Waals surface area contributed by atoms with Gasteiger partial charge in [0.05, 0.1) is 12.2 Å². The number of carbonyl (C=O) groups excluding carboxylic acids is 1. The molecule has 138 valence electrons. The first kappa shape index (κ1) is 17.2. The van der Waals surface area contributed by atoms with Crippen molar-refractivity contribution in [3.63, 3.8) is 0 Å². The molecule has 2 aromatic heterocycles. The topological polar surface area (TPSA) is 57.8 Å². The van der Waals surface area contributed by atoms with E-state index in [0.29, 0.717) is 22.4 Å². The van der Waals surface area contributed by atoms with Crippen LogP contribution in [0.2, 0.25) is 0 Å². The highest BCUT2D eigenvalue weighted by atomic mass is 79.9. The highest BCUT2D eigenvalue weighted by molar-refractivity contribution is 9.10. The van der Waals surface area contributed by atoms with Crippen LogP contribution in [0.5, 0.6) is 0 Å². The molecule has 4 aromatic rings. The van der Waals surface area contributed by atoms with Gasteiger partial charge in [-0.15, -0.1) is 0 Å². The molecule has 0 spiro atoms. The van der Waals surface area contributed by atoms with E-state index in [1.165, 1.54) is 4.90 Å². The maximum absolute atomic E-state index is 13.2. The molecule has 0 bridgehead atoms. The number of amides is 1. The summed E-state index contributed by atoms with van der Waals surface area (Å²) in [5, 5.41) is 11.8. The van der Waals surface area contributed by atoms with Crippen LogP contribution in [0.25, 0.3) is 5.65 Å². The van der Waals surface area contributed by atoms with Crippen molar-refractivity contribution in [1.82, 2.24) is 14.3 Å². The van der Waals surface area contributed by atoms with Crippen molar-refractivity contribution in [2.24, 2.45) is 0 Å². The maximum Gasteiger partial charge on any atom is 0.257 e. The van der Waals surface area contributed by atoms with E-state index >= 15 is 0 Å². The van der Waals surface area contributed by atoms with Crippen LogP contribution in [-0.2, 0) is 12.3 Å². The van der Waals surface area contributed by atoms with Crippen LogP contribution in [0.1, 0.15) is 27.2 Å². The lowest BCUT2D eigenvalue weighted by atomic mass is 9.94. The molecule has 1 atom stereocenters. The molecule has 5 rings (SSSR count). The molecule has 1 aliphatic rings. The van der Waals surface area contributed by atoms with Crippen LogP contribution in [0.4, 0.5) is 0 Å². The molecule has 0 saturated heterocycles. The zero-order chi connectivity index (χ0) is 19.3. The van der Waals surface area contributed by atoms with Crippen LogP contribution in [0.3, 0.4) is 0 Å². The summed E-state index contributed by atoms with van der Waals surface area (Å²) in [4.78, 5) is 19.3. The largest absolute Gasteiger partial charge is 0.363 e. The van der Waals surface area contributed by atoms with Gasteiger partial charge in [0, 0.05) is 33.6 Å². The first-order valence-electron chi connectivity index (χ1n) is 8.90. The number of imidazole rings is 1. The lowest BCUT2D eigenvalue weighted by Gasteiger charge is -2.34. The van der Waals surface area contributed by atoms with E-state index in [1.807, 2.05) is 71.4 Å². The molecule has 0 saturated carbocycles. The van der Waals surface area contributed by atoms with Gasteiger partial charge in [0.2, 0.25) is 0 Å². The molecule has 2 aromatic carbocycles. The van der Waals surface area contributed by atoms with Crippen molar-refractivity contribution < 1.29 is 9.90 Å². The van der Waals surface area contributed by atoms with Crippen LogP contribution in [-0.4, -0.2) is 25.3 Å². The number of aromatic nitrogens is 2.